The third kappa shape index (κ3) is 4.63. The van der Waals surface area contributed by atoms with Gasteiger partial charge in [-0.05, 0) is 48.9 Å². The summed E-state index contributed by atoms with van der Waals surface area (Å²) in [4.78, 5) is 21.9. The number of rotatable bonds is 5. The van der Waals surface area contributed by atoms with Gasteiger partial charge in [-0.15, -0.1) is 0 Å². The van der Waals surface area contributed by atoms with Crippen LogP contribution < -0.4 is 5.32 Å². The Labute approximate surface area is 198 Å². The van der Waals surface area contributed by atoms with E-state index < -0.39 is 0 Å². The second-order valence-corrected chi connectivity index (χ2v) is 8.25. The molecule has 32 heavy (non-hydrogen) atoms. The lowest BCUT2D eigenvalue weighted by Crippen LogP contribution is -2.24. The number of imidazole rings is 1. The molecule has 5 nitrogen and oxygen atoms in total. The first-order valence-corrected chi connectivity index (χ1v) is 10.7. The number of halogens is 4. The average Bonchev–Trinajstić information content (AvgIpc) is 3.10. The topological polar surface area (TPSA) is 59.8 Å². The highest BCUT2D eigenvalue weighted by atomic mass is 35.5. The van der Waals surface area contributed by atoms with E-state index in [0.717, 1.165) is 5.56 Å². The minimum absolute atomic E-state index is 0.204. The normalized spacial score (nSPS) is 10.9. The van der Waals surface area contributed by atoms with Crippen molar-refractivity contribution in [3.8, 4) is 17.2 Å². The maximum Gasteiger partial charge on any atom is 0.272 e. The van der Waals surface area contributed by atoms with Gasteiger partial charge in [0.2, 0.25) is 0 Å². The van der Waals surface area contributed by atoms with Crippen molar-refractivity contribution in [3.05, 3.63) is 98.6 Å². The molecule has 0 fully saturated rings. The summed E-state index contributed by atoms with van der Waals surface area (Å²) in [6.45, 7) is 1.98. The maximum atomic E-state index is 13.1. The zero-order chi connectivity index (χ0) is 22.8. The molecule has 162 valence electrons. The lowest BCUT2D eigenvalue weighted by atomic mass is 10.2. The summed E-state index contributed by atoms with van der Waals surface area (Å²) in [5, 5.41) is 4.16. The smallest absolute Gasteiger partial charge is 0.272 e. The fourth-order valence-corrected chi connectivity index (χ4v) is 3.88. The molecule has 0 aliphatic carbocycles. The van der Waals surface area contributed by atoms with Crippen molar-refractivity contribution in [2.75, 3.05) is 0 Å². The molecule has 2 aromatic heterocycles. The number of amides is 1. The number of hydrogen-bond donors (Lipinski definition) is 1. The lowest BCUT2D eigenvalue weighted by Gasteiger charge is -2.11. The van der Waals surface area contributed by atoms with Gasteiger partial charge >= 0.3 is 0 Å². The molecule has 0 saturated heterocycles. The zero-order valence-corrected chi connectivity index (χ0v) is 19.0. The summed E-state index contributed by atoms with van der Waals surface area (Å²) in [6, 6.07) is 14.2. The fourth-order valence-electron chi connectivity index (χ4n) is 3.23. The number of carbonyl (C=O) groups is 1. The average molecular weight is 490 g/mol. The lowest BCUT2D eigenvalue weighted by molar-refractivity contribution is 0.0945. The molecule has 0 aliphatic rings. The molecule has 4 aromatic rings. The van der Waals surface area contributed by atoms with E-state index in [1.165, 1.54) is 12.1 Å². The molecule has 0 atom stereocenters. The third-order valence-electron chi connectivity index (χ3n) is 4.80. The van der Waals surface area contributed by atoms with Crippen LogP contribution in [-0.4, -0.2) is 20.4 Å². The maximum absolute atomic E-state index is 13.1. The van der Waals surface area contributed by atoms with Crippen molar-refractivity contribution < 1.29 is 9.18 Å². The molecule has 1 amide bonds. The molecule has 2 heterocycles. The number of carbonyl (C=O) groups excluding carboxylic acids is 1. The van der Waals surface area contributed by atoms with Gasteiger partial charge < -0.3 is 5.32 Å². The van der Waals surface area contributed by atoms with Crippen LogP contribution in [0.2, 0.25) is 15.1 Å². The highest BCUT2D eigenvalue weighted by molar-refractivity contribution is 6.36. The SMILES string of the molecule is Cc1c(C(=O)NCc2ccc(F)cc2)nc(-c2ccc(Cl)cc2Cl)n1-c1cc(Cl)ccn1. The monoisotopic (exact) mass is 488 g/mol. The summed E-state index contributed by atoms with van der Waals surface area (Å²) in [5.41, 5.74) is 2.10. The predicted molar refractivity (Wildman–Crippen MR) is 124 cm³/mol. The van der Waals surface area contributed by atoms with Gasteiger partial charge in [0.25, 0.3) is 5.91 Å². The zero-order valence-electron chi connectivity index (χ0n) is 16.7. The van der Waals surface area contributed by atoms with Crippen molar-refractivity contribution in [2.45, 2.75) is 13.5 Å². The third-order valence-corrected chi connectivity index (χ3v) is 5.58. The largest absolute Gasteiger partial charge is 0.347 e. The Bertz CT molecular complexity index is 1310. The van der Waals surface area contributed by atoms with E-state index in [9.17, 15) is 9.18 Å². The van der Waals surface area contributed by atoms with Gasteiger partial charge in [-0.2, -0.15) is 0 Å². The van der Waals surface area contributed by atoms with Crippen LogP contribution in [0.4, 0.5) is 4.39 Å². The van der Waals surface area contributed by atoms with E-state index >= 15 is 0 Å². The number of benzene rings is 2. The summed E-state index contributed by atoms with van der Waals surface area (Å²) in [6.07, 6.45) is 1.57. The Hall–Kier alpha value is -2.93. The molecule has 0 bridgehead atoms. The van der Waals surface area contributed by atoms with Crippen LogP contribution in [0.3, 0.4) is 0 Å². The predicted octanol–water partition coefficient (Wildman–Crippen LogP) is 6.27. The van der Waals surface area contributed by atoms with E-state index in [-0.39, 0.29) is 24.0 Å². The fraction of sp³-hybridized carbons (Fsp3) is 0.0870. The molecular weight excluding hydrogens is 474 g/mol. The summed E-state index contributed by atoms with van der Waals surface area (Å²) in [7, 11) is 0. The Morgan fingerprint density at radius 2 is 1.75 bits per heavy atom. The molecule has 1 N–H and O–H groups in total. The highest BCUT2D eigenvalue weighted by Gasteiger charge is 2.23. The van der Waals surface area contributed by atoms with Crippen molar-refractivity contribution >= 4 is 40.7 Å². The number of nitrogens with zero attached hydrogens (tertiary/aromatic N) is 3. The van der Waals surface area contributed by atoms with Crippen LogP contribution >= 0.6 is 34.8 Å². The second-order valence-electron chi connectivity index (χ2n) is 6.97. The van der Waals surface area contributed by atoms with Gasteiger partial charge in [0, 0.05) is 34.4 Å². The van der Waals surface area contributed by atoms with Crippen LogP contribution in [0.5, 0.6) is 0 Å². The van der Waals surface area contributed by atoms with Crippen molar-refractivity contribution in [1.82, 2.24) is 19.9 Å². The second kappa shape index (κ2) is 9.28. The van der Waals surface area contributed by atoms with Crippen molar-refractivity contribution in [2.24, 2.45) is 0 Å². The minimum Gasteiger partial charge on any atom is -0.347 e. The molecular formula is C23H16Cl3FN4O. The van der Waals surface area contributed by atoms with Crippen LogP contribution in [-0.2, 0) is 6.54 Å². The molecule has 0 aliphatic heterocycles. The first-order valence-electron chi connectivity index (χ1n) is 9.53. The number of nitrogens with one attached hydrogen (secondary N) is 1. The number of aromatic nitrogens is 3. The standard InChI is InChI=1S/C23H16Cl3FN4O/c1-13-21(23(32)29-12-14-2-5-17(27)6-3-14)30-22(18-7-4-15(24)10-19(18)26)31(13)20-11-16(25)8-9-28-20/h2-11H,12H2,1H3,(H,29,32). The van der Waals surface area contributed by atoms with E-state index in [1.807, 2.05) is 0 Å². The number of hydrogen-bond acceptors (Lipinski definition) is 3. The van der Waals surface area contributed by atoms with Gasteiger partial charge in [0.05, 0.1) is 10.7 Å². The Balaban J connectivity index is 1.76. The molecule has 0 spiro atoms. The van der Waals surface area contributed by atoms with Gasteiger partial charge in [-0.3, -0.25) is 9.36 Å². The Morgan fingerprint density at radius 3 is 2.44 bits per heavy atom. The quantitative estimate of drug-likeness (QED) is 0.359. The number of pyridine rings is 1. The minimum atomic E-state index is -0.390. The van der Waals surface area contributed by atoms with E-state index in [0.29, 0.717) is 38.0 Å². The van der Waals surface area contributed by atoms with E-state index in [1.54, 1.807) is 60.2 Å². The van der Waals surface area contributed by atoms with E-state index in [2.05, 4.69) is 15.3 Å². The molecule has 0 radical (unpaired) electrons. The molecule has 0 saturated carbocycles. The van der Waals surface area contributed by atoms with E-state index in [4.69, 9.17) is 34.8 Å². The first-order chi connectivity index (χ1) is 15.3. The summed E-state index contributed by atoms with van der Waals surface area (Å²) in [5.74, 6) is 0.180. The highest BCUT2D eigenvalue weighted by Crippen LogP contribution is 2.33. The molecule has 4 rings (SSSR count). The van der Waals surface area contributed by atoms with Gasteiger partial charge in [0.15, 0.2) is 0 Å². The van der Waals surface area contributed by atoms with Crippen LogP contribution in [0, 0.1) is 12.7 Å². The van der Waals surface area contributed by atoms with Gasteiger partial charge in [-0.25, -0.2) is 14.4 Å². The van der Waals surface area contributed by atoms with Crippen molar-refractivity contribution in [1.29, 1.82) is 0 Å². The molecule has 9 heteroatoms. The Kier molecular flexibility index (Phi) is 6.46. The van der Waals surface area contributed by atoms with Crippen LogP contribution in [0.25, 0.3) is 17.2 Å². The van der Waals surface area contributed by atoms with Gasteiger partial charge in [0.1, 0.15) is 23.2 Å². The molecule has 0 unspecified atom stereocenters. The first kappa shape index (κ1) is 22.3. The van der Waals surface area contributed by atoms with Crippen molar-refractivity contribution in [3.63, 3.8) is 0 Å². The summed E-state index contributed by atoms with van der Waals surface area (Å²) >= 11 is 18.7. The van der Waals surface area contributed by atoms with Crippen LogP contribution in [0.1, 0.15) is 21.7 Å². The van der Waals surface area contributed by atoms with Crippen LogP contribution in [0.15, 0.2) is 60.8 Å². The molecule has 2 aromatic carbocycles. The summed E-state index contributed by atoms with van der Waals surface area (Å²) < 4.78 is 14.8. The van der Waals surface area contributed by atoms with Gasteiger partial charge in [-0.1, -0.05) is 46.9 Å². The Morgan fingerprint density at radius 1 is 1.03 bits per heavy atom.